The smallest absolute Gasteiger partial charge is 0.178 e. The highest BCUT2D eigenvalue weighted by molar-refractivity contribution is 8.00. The van der Waals surface area contributed by atoms with E-state index in [0.717, 1.165) is 20.2 Å². The largest absolute Gasteiger partial charge is 0.390 e. The molecule has 0 spiro atoms. The van der Waals surface area contributed by atoms with Gasteiger partial charge in [0.25, 0.3) is 0 Å². The maximum Gasteiger partial charge on any atom is 0.178 e. The number of aliphatic hydroxyl groups is 2. The van der Waals surface area contributed by atoms with E-state index in [2.05, 4.69) is 0 Å². The Kier molecular flexibility index (Phi) is 4.35. The molecule has 0 fully saturated rings. The van der Waals surface area contributed by atoms with Crippen LogP contribution in [0.1, 0.15) is 55.4 Å². The van der Waals surface area contributed by atoms with E-state index in [1.807, 2.05) is 40.9 Å². The molecule has 0 aliphatic heterocycles. The summed E-state index contributed by atoms with van der Waals surface area (Å²) in [6.07, 6.45) is 0.727. The third kappa shape index (κ3) is 2.69. The van der Waals surface area contributed by atoms with Crippen molar-refractivity contribution in [3.8, 4) is 0 Å². The van der Waals surface area contributed by atoms with Crippen molar-refractivity contribution < 1.29 is 15.0 Å². The van der Waals surface area contributed by atoms with Gasteiger partial charge in [-0.25, -0.2) is 0 Å². The normalized spacial score (nSPS) is 24.8. The summed E-state index contributed by atoms with van der Waals surface area (Å²) < 4.78 is 1.08. The first kappa shape index (κ1) is 17.0. The minimum atomic E-state index is -0.816. The number of fused-ring (bicyclic) bond motifs is 1. The minimum Gasteiger partial charge on any atom is -0.390 e. The Hall–Kier alpha value is -0.360. The van der Waals surface area contributed by atoms with Gasteiger partial charge >= 0.3 is 0 Å². The highest BCUT2D eigenvalue weighted by Gasteiger charge is 2.45. The van der Waals surface area contributed by atoms with Crippen LogP contribution >= 0.6 is 23.1 Å². The summed E-state index contributed by atoms with van der Waals surface area (Å²) in [5.41, 5.74) is 0.995. The van der Waals surface area contributed by atoms with E-state index in [0.29, 0.717) is 6.42 Å². The standard InChI is InChI=1S/C16H24O3S2/c1-15(2,3)13(19)11-8-7-9(17)12(18)16(4,5)10(8)14(20-6)21-11/h9,12,17-18H,7H2,1-6H3. The van der Waals surface area contributed by atoms with E-state index in [-0.39, 0.29) is 5.78 Å². The Morgan fingerprint density at radius 3 is 2.38 bits per heavy atom. The molecular weight excluding hydrogens is 304 g/mol. The average molecular weight is 328 g/mol. The molecule has 2 atom stereocenters. The number of hydrogen-bond acceptors (Lipinski definition) is 5. The predicted octanol–water partition coefficient (Wildman–Crippen LogP) is 3.25. The zero-order chi connectivity index (χ0) is 16.2. The maximum atomic E-state index is 12.7. The topological polar surface area (TPSA) is 57.5 Å². The molecule has 2 unspecified atom stereocenters. The third-order valence-corrected chi connectivity index (χ3v) is 6.56. The van der Waals surface area contributed by atoms with Gasteiger partial charge in [0.1, 0.15) is 0 Å². The van der Waals surface area contributed by atoms with Crippen LogP contribution in [0.3, 0.4) is 0 Å². The molecule has 1 aromatic heterocycles. The fraction of sp³-hybridized carbons (Fsp3) is 0.688. The zero-order valence-corrected chi connectivity index (χ0v) is 15.1. The summed E-state index contributed by atoms with van der Waals surface area (Å²) in [6, 6.07) is 0. The second-order valence-corrected chi connectivity index (χ2v) is 9.39. The average Bonchev–Trinajstić information content (AvgIpc) is 2.73. The van der Waals surface area contributed by atoms with Crippen molar-refractivity contribution in [2.24, 2.45) is 5.41 Å². The first-order chi connectivity index (χ1) is 9.51. The monoisotopic (exact) mass is 328 g/mol. The van der Waals surface area contributed by atoms with E-state index in [4.69, 9.17) is 0 Å². The summed E-state index contributed by atoms with van der Waals surface area (Å²) in [7, 11) is 0. The van der Waals surface area contributed by atoms with Crippen LogP contribution < -0.4 is 0 Å². The van der Waals surface area contributed by atoms with Gasteiger partial charge in [-0.2, -0.15) is 0 Å². The quantitative estimate of drug-likeness (QED) is 0.646. The van der Waals surface area contributed by atoms with Crippen LogP contribution in [0, 0.1) is 5.41 Å². The van der Waals surface area contributed by atoms with E-state index in [9.17, 15) is 15.0 Å². The number of carbonyl (C=O) groups is 1. The lowest BCUT2D eigenvalue weighted by atomic mass is 9.70. The van der Waals surface area contributed by atoms with Gasteiger partial charge in [-0.3, -0.25) is 4.79 Å². The maximum absolute atomic E-state index is 12.7. The molecule has 1 aromatic rings. The third-order valence-electron chi connectivity index (χ3n) is 4.21. The molecule has 2 rings (SSSR count). The molecule has 0 amide bonds. The van der Waals surface area contributed by atoms with Crippen LogP contribution in [0.5, 0.6) is 0 Å². The number of hydrogen-bond donors (Lipinski definition) is 2. The van der Waals surface area contributed by atoms with Gasteiger partial charge in [-0.05, 0) is 17.4 Å². The highest BCUT2D eigenvalue weighted by Crippen LogP contribution is 2.48. The molecule has 2 N–H and O–H groups in total. The SMILES string of the molecule is CSc1sc(C(=O)C(C)(C)C)c2c1C(C)(C)C(O)C(O)C2. The molecule has 0 bridgehead atoms. The van der Waals surface area contributed by atoms with Crippen LogP contribution in [0.15, 0.2) is 4.21 Å². The van der Waals surface area contributed by atoms with Gasteiger partial charge in [0.15, 0.2) is 5.78 Å². The summed E-state index contributed by atoms with van der Waals surface area (Å²) in [5.74, 6) is 0.114. The molecule has 0 aromatic carbocycles. The number of thioether (sulfide) groups is 1. The van der Waals surface area contributed by atoms with Crippen molar-refractivity contribution in [1.82, 2.24) is 0 Å². The van der Waals surface area contributed by atoms with Gasteiger partial charge in [-0.15, -0.1) is 23.1 Å². The fourth-order valence-electron chi connectivity index (χ4n) is 2.91. The number of carbonyl (C=O) groups excluding carboxylic acids is 1. The summed E-state index contributed by atoms with van der Waals surface area (Å²) in [4.78, 5) is 13.5. The Morgan fingerprint density at radius 1 is 1.33 bits per heavy atom. The van der Waals surface area contributed by atoms with E-state index < -0.39 is 23.0 Å². The molecule has 0 saturated heterocycles. The molecule has 0 saturated carbocycles. The zero-order valence-electron chi connectivity index (χ0n) is 13.5. The number of thiophene rings is 1. The summed E-state index contributed by atoms with van der Waals surface area (Å²) in [5, 5.41) is 20.5. The second kappa shape index (κ2) is 5.37. The van der Waals surface area contributed by atoms with Crippen molar-refractivity contribution in [3.63, 3.8) is 0 Å². The molecule has 21 heavy (non-hydrogen) atoms. The van der Waals surface area contributed by atoms with Gasteiger partial charge in [0.2, 0.25) is 0 Å². The van der Waals surface area contributed by atoms with E-state index >= 15 is 0 Å². The van der Waals surface area contributed by atoms with Gasteiger partial charge in [0.05, 0.1) is 21.3 Å². The molecular formula is C16H24O3S2. The second-order valence-electron chi connectivity index (χ2n) is 7.29. The van der Waals surface area contributed by atoms with Crippen molar-refractivity contribution in [1.29, 1.82) is 0 Å². The van der Waals surface area contributed by atoms with Crippen LogP contribution in [-0.2, 0) is 11.8 Å². The highest BCUT2D eigenvalue weighted by atomic mass is 32.2. The predicted molar refractivity (Wildman–Crippen MR) is 88.6 cm³/mol. The van der Waals surface area contributed by atoms with Crippen LogP contribution in [0.4, 0.5) is 0 Å². The van der Waals surface area contributed by atoms with Crippen molar-refractivity contribution in [2.45, 2.75) is 62.9 Å². The molecule has 1 heterocycles. The fourth-order valence-corrected chi connectivity index (χ4v) is 5.46. The van der Waals surface area contributed by atoms with Gasteiger partial charge in [0, 0.05) is 17.3 Å². The van der Waals surface area contributed by atoms with Gasteiger partial charge in [-0.1, -0.05) is 34.6 Å². The van der Waals surface area contributed by atoms with E-state index in [1.54, 1.807) is 11.8 Å². The Morgan fingerprint density at radius 2 is 1.90 bits per heavy atom. The van der Waals surface area contributed by atoms with Crippen molar-refractivity contribution >= 4 is 28.9 Å². The van der Waals surface area contributed by atoms with Crippen LogP contribution in [0.2, 0.25) is 0 Å². The molecule has 3 nitrogen and oxygen atoms in total. The molecule has 1 aliphatic rings. The lowest BCUT2D eigenvalue weighted by molar-refractivity contribution is -0.0306. The Labute approximate surface area is 134 Å². The first-order valence-corrected chi connectivity index (χ1v) is 9.17. The lowest BCUT2D eigenvalue weighted by Gasteiger charge is -2.39. The lowest BCUT2D eigenvalue weighted by Crippen LogP contribution is -2.48. The number of rotatable bonds is 2. The first-order valence-electron chi connectivity index (χ1n) is 7.12. The summed E-state index contributed by atoms with van der Waals surface area (Å²) in [6.45, 7) is 9.63. The van der Waals surface area contributed by atoms with E-state index in [1.165, 1.54) is 11.3 Å². The Bertz CT molecular complexity index is 567. The summed E-state index contributed by atoms with van der Waals surface area (Å²) >= 11 is 3.12. The molecule has 1 aliphatic carbocycles. The van der Waals surface area contributed by atoms with Gasteiger partial charge < -0.3 is 10.2 Å². The van der Waals surface area contributed by atoms with Crippen LogP contribution in [-0.4, -0.2) is 34.5 Å². The Balaban J connectivity index is 2.67. The number of aliphatic hydroxyl groups excluding tert-OH is 2. The minimum absolute atomic E-state index is 0.114. The van der Waals surface area contributed by atoms with Crippen LogP contribution in [0.25, 0.3) is 0 Å². The number of ketones is 1. The van der Waals surface area contributed by atoms with Crippen molar-refractivity contribution in [2.75, 3.05) is 6.26 Å². The molecule has 0 radical (unpaired) electrons. The number of Topliss-reactive ketones (excluding diaryl/α,β-unsaturated/α-hetero) is 1. The van der Waals surface area contributed by atoms with Crippen molar-refractivity contribution in [3.05, 3.63) is 16.0 Å². The molecule has 118 valence electrons. The molecule has 5 heteroatoms.